The van der Waals surface area contributed by atoms with Crippen LogP contribution in [0.5, 0.6) is 5.75 Å². The van der Waals surface area contributed by atoms with Gasteiger partial charge in [0.15, 0.2) is 0 Å². The third-order valence-corrected chi connectivity index (χ3v) is 4.31. The smallest absolute Gasteiger partial charge is 0.343 e. The molecule has 0 atom stereocenters. The second kappa shape index (κ2) is 7.52. The summed E-state index contributed by atoms with van der Waals surface area (Å²) in [6.45, 7) is 0. The molecule has 4 heteroatoms. The molecule has 0 saturated carbocycles. The van der Waals surface area contributed by atoms with Gasteiger partial charge in [0.05, 0.1) is 15.6 Å². The average Bonchev–Trinajstić information content (AvgIpc) is 2.60. The molecular formula is C20H14Cl2O2. The van der Waals surface area contributed by atoms with Crippen LogP contribution in [0.25, 0.3) is 0 Å². The number of halogens is 2. The van der Waals surface area contributed by atoms with Gasteiger partial charge < -0.3 is 4.74 Å². The third-order valence-electron chi connectivity index (χ3n) is 3.57. The van der Waals surface area contributed by atoms with Crippen molar-refractivity contribution in [3.05, 3.63) is 99.5 Å². The van der Waals surface area contributed by atoms with Gasteiger partial charge in [0.2, 0.25) is 0 Å². The number of para-hydroxylation sites is 1. The molecule has 0 saturated heterocycles. The average molecular weight is 357 g/mol. The highest BCUT2D eigenvalue weighted by molar-refractivity contribution is 6.42. The van der Waals surface area contributed by atoms with Crippen LogP contribution in [0.1, 0.15) is 21.5 Å². The van der Waals surface area contributed by atoms with Crippen molar-refractivity contribution < 1.29 is 9.53 Å². The molecule has 0 bridgehead atoms. The van der Waals surface area contributed by atoms with E-state index in [0.717, 1.165) is 11.1 Å². The van der Waals surface area contributed by atoms with Crippen molar-refractivity contribution in [1.29, 1.82) is 0 Å². The van der Waals surface area contributed by atoms with E-state index in [1.54, 1.807) is 18.2 Å². The Morgan fingerprint density at radius 2 is 1.54 bits per heavy atom. The van der Waals surface area contributed by atoms with Crippen molar-refractivity contribution in [1.82, 2.24) is 0 Å². The predicted molar refractivity (Wildman–Crippen MR) is 97.1 cm³/mol. The largest absolute Gasteiger partial charge is 0.423 e. The van der Waals surface area contributed by atoms with Crippen LogP contribution in [0.2, 0.25) is 10.0 Å². The lowest BCUT2D eigenvalue weighted by Gasteiger charge is -2.10. The fourth-order valence-electron chi connectivity index (χ4n) is 2.35. The molecule has 0 radical (unpaired) electrons. The molecule has 120 valence electrons. The highest BCUT2D eigenvalue weighted by Crippen LogP contribution is 2.25. The van der Waals surface area contributed by atoms with Crippen molar-refractivity contribution in [2.45, 2.75) is 6.42 Å². The van der Waals surface area contributed by atoms with Gasteiger partial charge in [-0.2, -0.15) is 0 Å². The molecule has 0 N–H and O–H groups in total. The number of carbonyl (C=O) groups excluding carboxylic acids is 1. The number of rotatable bonds is 4. The monoisotopic (exact) mass is 356 g/mol. The maximum Gasteiger partial charge on any atom is 0.343 e. The summed E-state index contributed by atoms with van der Waals surface area (Å²) in [5.74, 6) is 0.0755. The summed E-state index contributed by atoms with van der Waals surface area (Å²) in [5, 5.41) is 0.724. The Morgan fingerprint density at radius 3 is 2.29 bits per heavy atom. The number of hydrogen-bond donors (Lipinski definition) is 0. The van der Waals surface area contributed by atoms with E-state index < -0.39 is 5.97 Å². The number of carbonyl (C=O) groups is 1. The molecule has 0 unspecified atom stereocenters. The first-order valence-electron chi connectivity index (χ1n) is 7.42. The number of hydrogen-bond acceptors (Lipinski definition) is 2. The van der Waals surface area contributed by atoms with Gasteiger partial charge in [-0.05, 0) is 35.4 Å². The van der Waals surface area contributed by atoms with E-state index in [1.165, 1.54) is 6.07 Å². The summed E-state index contributed by atoms with van der Waals surface area (Å²) in [6.07, 6.45) is 0.686. The van der Waals surface area contributed by atoms with Gasteiger partial charge in [0, 0.05) is 6.42 Å². The van der Waals surface area contributed by atoms with Crippen LogP contribution in [0.3, 0.4) is 0 Å². The molecule has 0 amide bonds. The van der Waals surface area contributed by atoms with Crippen LogP contribution in [0.4, 0.5) is 0 Å². The van der Waals surface area contributed by atoms with E-state index in [2.05, 4.69) is 0 Å². The minimum atomic E-state index is -0.464. The van der Waals surface area contributed by atoms with Crippen molar-refractivity contribution in [2.75, 3.05) is 0 Å². The first kappa shape index (κ1) is 16.6. The second-order valence-corrected chi connectivity index (χ2v) is 6.10. The summed E-state index contributed by atoms with van der Waals surface area (Å²) in [6, 6.07) is 22.2. The predicted octanol–water partition coefficient (Wildman–Crippen LogP) is 5.80. The van der Waals surface area contributed by atoms with Gasteiger partial charge >= 0.3 is 5.97 Å². The van der Waals surface area contributed by atoms with Gasteiger partial charge in [-0.15, -0.1) is 0 Å². The van der Waals surface area contributed by atoms with Crippen molar-refractivity contribution in [3.8, 4) is 5.75 Å². The van der Waals surface area contributed by atoms with Crippen LogP contribution < -0.4 is 4.74 Å². The lowest BCUT2D eigenvalue weighted by molar-refractivity contribution is 0.0733. The topological polar surface area (TPSA) is 26.3 Å². The summed E-state index contributed by atoms with van der Waals surface area (Å²) < 4.78 is 5.56. The Kier molecular flexibility index (Phi) is 5.19. The summed E-state index contributed by atoms with van der Waals surface area (Å²) in [7, 11) is 0. The minimum Gasteiger partial charge on any atom is -0.423 e. The zero-order chi connectivity index (χ0) is 16.9. The molecular weight excluding hydrogens is 343 g/mol. The van der Waals surface area contributed by atoms with Crippen molar-refractivity contribution >= 4 is 29.2 Å². The number of ether oxygens (including phenoxy) is 1. The van der Waals surface area contributed by atoms with Crippen molar-refractivity contribution in [3.63, 3.8) is 0 Å². The maximum atomic E-state index is 12.4. The molecule has 0 heterocycles. The molecule has 0 aliphatic carbocycles. The second-order valence-electron chi connectivity index (χ2n) is 5.29. The van der Waals surface area contributed by atoms with Crippen LogP contribution in [0.15, 0.2) is 72.8 Å². The van der Waals surface area contributed by atoms with Gasteiger partial charge in [-0.25, -0.2) is 4.79 Å². The van der Waals surface area contributed by atoms with Crippen LogP contribution in [-0.2, 0) is 6.42 Å². The summed E-state index contributed by atoms with van der Waals surface area (Å²) in [5.41, 5.74) is 2.45. The van der Waals surface area contributed by atoms with Crippen LogP contribution in [0, 0.1) is 0 Å². The van der Waals surface area contributed by atoms with E-state index in [1.807, 2.05) is 48.5 Å². The quantitative estimate of drug-likeness (QED) is 0.435. The molecule has 0 fully saturated rings. The molecule has 0 aliphatic rings. The van der Waals surface area contributed by atoms with Crippen LogP contribution >= 0.6 is 23.2 Å². The molecule has 3 rings (SSSR count). The lowest BCUT2D eigenvalue weighted by Crippen LogP contribution is -2.10. The molecule has 0 aromatic heterocycles. The molecule has 0 aliphatic heterocycles. The van der Waals surface area contributed by atoms with Gasteiger partial charge in [0.25, 0.3) is 0 Å². The molecule has 24 heavy (non-hydrogen) atoms. The maximum absolute atomic E-state index is 12.4. The number of esters is 1. The van der Waals surface area contributed by atoms with Crippen molar-refractivity contribution in [2.24, 2.45) is 0 Å². The lowest BCUT2D eigenvalue weighted by atomic mass is 10.0. The Hall–Kier alpha value is -2.29. The highest BCUT2D eigenvalue weighted by atomic mass is 35.5. The Labute approximate surface area is 150 Å². The molecule has 0 spiro atoms. The molecule has 2 nitrogen and oxygen atoms in total. The minimum absolute atomic E-state index is 0.323. The normalized spacial score (nSPS) is 10.4. The summed E-state index contributed by atoms with van der Waals surface area (Å²) >= 11 is 11.8. The Balaban J connectivity index is 1.82. The van der Waals surface area contributed by atoms with E-state index in [9.17, 15) is 4.79 Å². The first-order chi connectivity index (χ1) is 11.6. The highest BCUT2D eigenvalue weighted by Gasteiger charge is 2.13. The first-order valence-corrected chi connectivity index (χ1v) is 8.18. The fourth-order valence-corrected chi connectivity index (χ4v) is 2.65. The zero-order valence-electron chi connectivity index (χ0n) is 12.7. The third kappa shape index (κ3) is 3.97. The summed E-state index contributed by atoms with van der Waals surface area (Å²) in [4.78, 5) is 12.4. The Bertz CT molecular complexity index is 861. The molecule has 3 aromatic carbocycles. The number of benzene rings is 3. The van der Waals surface area contributed by atoms with Gasteiger partial charge in [-0.3, -0.25) is 0 Å². The standard InChI is InChI=1S/C20H14Cl2O2/c21-17-11-10-16(13-18(17)22)20(23)24-19-9-5-4-8-15(19)12-14-6-2-1-3-7-14/h1-11,13H,12H2. The zero-order valence-corrected chi connectivity index (χ0v) is 14.2. The molecule has 3 aromatic rings. The van der Waals surface area contributed by atoms with Gasteiger partial charge in [0.1, 0.15) is 5.75 Å². The Morgan fingerprint density at radius 1 is 0.833 bits per heavy atom. The van der Waals surface area contributed by atoms with E-state index in [4.69, 9.17) is 27.9 Å². The van der Waals surface area contributed by atoms with E-state index in [-0.39, 0.29) is 0 Å². The van der Waals surface area contributed by atoms with Gasteiger partial charge in [-0.1, -0.05) is 71.7 Å². The fraction of sp³-hybridized carbons (Fsp3) is 0.0500. The van der Waals surface area contributed by atoms with E-state index in [0.29, 0.717) is 27.8 Å². The SMILES string of the molecule is O=C(Oc1ccccc1Cc1ccccc1)c1ccc(Cl)c(Cl)c1. The van der Waals surface area contributed by atoms with E-state index >= 15 is 0 Å². The van der Waals surface area contributed by atoms with Crippen LogP contribution in [-0.4, -0.2) is 5.97 Å².